The van der Waals surface area contributed by atoms with Gasteiger partial charge in [-0.15, -0.1) is 0 Å². The lowest BCUT2D eigenvalue weighted by atomic mass is 9.77. The highest BCUT2D eigenvalue weighted by molar-refractivity contribution is 4.85. The third-order valence-corrected chi connectivity index (χ3v) is 7.04. The fourth-order valence-corrected chi connectivity index (χ4v) is 4.35. The minimum absolute atomic E-state index is 0.142. The van der Waals surface area contributed by atoms with E-state index in [1.165, 1.54) is 0 Å². The molecule has 0 aromatic rings. The van der Waals surface area contributed by atoms with Gasteiger partial charge in [-0.1, -0.05) is 55.4 Å². The van der Waals surface area contributed by atoms with Crippen LogP contribution in [-0.2, 0) is 14.2 Å². The zero-order valence-electron chi connectivity index (χ0n) is 16.4. The van der Waals surface area contributed by atoms with E-state index in [2.05, 4.69) is 55.4 Å². The lowest BCUT2D eigenvalue weighted by Crippen LogP contribution is -2.51. The van der Waals surface area contributed by atoms with Gasteiger partial charge in [-0.3, -0.25) is 0 Å². The van der Waals surface area contributed by atoms with Crippen molar-refractivity contribution < 1.29 is 14.2 Å². The Bertz CT molecular complexity index is 334. The van der Waals surface area contributed by atoms with Crippen LogP contribution in [0.2, 0.25) is 0 Å². The van der Waals surface area contributed by atoms with Crippen LogP contribution >= 0.6 is 0 Å². The summed E-state index contributed by atoms with van der Waals surface area (Å²) in [6.07, 6.45) is 2.40. The summed E-state index contributed by atoms with van der Waals surface area (Å²) in [6.45, 7) is 18.2. The molecule has 2 aliphatic rings. The largest absolute Gasteiger partial charge is 0.349 e. The molecular weight excluding hydrogens is 288 g/mol. The zero-order valence-corrected chi connectivity index (χ0v) is 16.4. The molecule has 23 heavy (non-hydrogen) atoms. The van der Waals surface area contributed by atoms with Crippen LogP contribution in [0.5, 0.6) is 0 Å². The number of hydrogen-bond donors (Lipinski definition) is 0. The SMILES string of the molecule is CC[C@H]1O[C@H](O[C@H]2O[C@H](CC)[C@@H](C)[C@H](C)[C@H]2C)[C@H](C)[C@@H](C)[C@@H]1C. The second-order valence-corrected chi connectivity index (χ2v) is 8.19. The Kier molecular flexibility index (Phi) is 6.55. The summed E-state index contributed by atoms with van der Waals surface area (Å²) < 4.78 is 19.0. The van der Waals surface area contributed by atoms with E-state index in [0.29, 0.717) is 47.7 Å². The monoisotopic (exact) mass is 326 g/mol. The summed E-state index contributed by atoms with van der Waals surface area (Å²) in [7, 11) is 0. The quantitative estimate of drug-likeness (QED) is 0.720. The summed E-state index contributed by atoms with van der Waals surface area (Å²) in [6, 6.07) is 0. The molecule has 2 saturated heterocycles. The van der Waals surface area contributed by atoms with Gasteiger partial charge >= 0.3 is 0 Å². The van der Waals surface area contributed by atoms with Crippen molar-refractivity contribution in [3.05, 3.63) is 0 Å². The fourth-order valence-electron chi connectivity index (χ4n) is 4.35. The Balaban J connectivity index is 2.07. The van der Waals surface area contributed by atoms with E-state index in [1.807, 2.05) is 0 Å². The summed E-state index contributed by atoms with van der Waals surface area (Å²) >= 11 is 0. The van der Waals surface area contributed by atoms with Crippen LogP contribution in [0.3, 0.4) is 0 Å². The third kappa shape index (κ3) is 3.77. The molecule has 2 fully saturated rings. The lowest BCUT2D eigenvalue weighted by Gasteiger charge is -2.48. The Hall–Kier alpha value is -0.120. The molecule has 0 amide bonds. The lowest BCUT2D eigenvalue weighted by molar-refractivity contribution is -0.340. The van der Waals surface area contributed by atoms with E-state index in [-0.39, 0.29) is 12.6 Å². The molecule has 3 heteroatoms. The Morgan fingerprint density at radius 1 is 0.565 bits per heavy atom. The van der Waals surface area contributed by atoms with Crippen LogP contribution in [0.15, 0.2) is 0 Å². The van der Waals surface area contributed by atoms with Crippen LogP contribution < -0.4 is 0 Å². The molecule has 0 aromatic heterocycles. The van der Waals surface area contributed by atoms with Gasteiger partial charge in [0.2, 0.25) is 0 Å². The smallest absolute Gasteiger partial charge is 0.163 e. The minimum atomic E-state index is -0.142. The van der Waals surface area contributed by atoms with Crippen molar-refractivity contribution in [1.29, 1.82) is 0 Å². The van der Waals surface area contributed by atoms with E-state index in [9.17, 15) is 0 Å². The highest BCUT2D eigenvalue weighted by Gasteiger charge is 2.44. The zero-order chi connectivity index (χ0) is 17.3. The fraction of sp³-hybridized carbons (Fsp3) is 1.00. The van der Waals surface area contributed by atoms with Crippen molar-refractivity contribution in [1.82, 2.24) is 0 Å². The topological polar surface area (TPSA) is 27.7 Å². The first-order valence-electron chi connectivity index (χ1n) is 9.78. The van der Waals surface area contributed by atoms with E-state index < -0.39 is 0 Å². The average molecular weight is 327 g/mol. The van der Waals surface area contributed by atoms with Crippen molar-refractivity contribution in [2.75, 3.05) is 0 Å². The molecule has 0 aromatic carbocycles. The van der Waals surface area contributed by atoms with E-state index in [0.717, 1.165) is 12.8 Å². The first-order valence-corrected chi connectivity index (χ1v) is 9.78. The summed E-state index contributed by atoms with van der Waals surface area (Å²) in [5.74, 6) is 3.19. The van der Waals surface area contributed by atoms with Gasteiger partial charge in [0, 0.05) is 11.8 Å². The Morgan fingerprint density at radius 2 is 0.913 bits per heavy atom. The molecule has 0 radical (unpaired) electrons. The number of ether oxygens (including phenoxy) is 3. The maximum atomic E-state index is 6.41. The molecule has 3 nitrogen and oxygen atoms in total. The van der Waals surface area contributed by atoms with Gasteiger partial charge in [0.25, 0.3) is 0 Å². The molecule has 0 spiro atoms. The maximum Gasteiger partial charge on any atom is 0.163 e. The Morgan fingerprint density at radius 3 is 1.22 bits per heavy atom. The first-order chi connectivity index (χ1) is 10.8. The van der Waals surface area contributed by atoms with Gasteiger partial charge < -0.3 is 14.2 Å². The normalized spacial score (nSPS) is 51.7. The summed E-state index contributed by atoms with van der Waals surface area (Å²) in [5.41, 5.74) is 0. The molecule has 2 aliphatic heterocycles. The molecular formula is C20H38O3. The predicted molar refractivity (Wildman–Crippen MR) is 94.0 cm³/mol. The molecule has 2 rings (SSSR count). The molecule has 136 valence electrons. The molecule has 0 saturated carbocycles. The van der Waals surface area contributed by atoms with Crippen molar-refractivity contribution in [3.63, 3.8) is 0 Å². The van der Waals surface area contributed by atoms with E-state index in [4.69, 9.17) is 14.2 Å². The molecule has 0 unspecified atom stereocenters. The third-order valence-electron chi connectivity index (χ3n) is 7.04. The van der Waals surface area contributed by atoms with Gasteiger partial charge in [-0.25, -0.2) is 0 Å². The van der Waals surface area contributed by atoms with Crippen LogP contribution in [0.1, 0.15) is 68.2 Å². The van der Waals surface area contributed by atoms with Gasteiger partial charge in [-0.05, 0) is 36.5 Å². The van der Waals surface area contributed by atoms with Crippen LogP contribution in [0.4, 0.5) is 0 Å². The van der Waals surface area contributed by atoms with Crippen molar-refractivity contribution in [3.8, 4) is 0 Å². The Labute approximate surface area is 143 Å². The van der Waals surface area contributed by atoms with E-state index in [1.54, 1.807) is 0 Å². The van der Waals surface area contributed by atoms with E-state index >= 15 is 0 Å². The van der Waals surface area contributed by atoms with Crippen LogP contribution in [0, 0.1) is 35.5 Å². The maximum absolute atomic E-state index is 6.41. The highest BCUT2D eigenvalue weighted by Crippen LogP contribution is 2.41. The van der Waals surface area contributed by atoms with Crippen LogP contribution in [0.25, 0.3) is 0 Å². The van der Waals surface area contributed by atoms with Gasteiger partial charge in [0.15, 0.2) is 12.6 Å². The molecule has 0 aliphatic carbocycles. The molecule has 0 N–H and O–H groups in total. The van der Waals surface area contributed by atoms with Crippen molar-refractivity contribution in [2.45, 2.75) is 93.0 Å². The number of rotatable bonds is 4. The number of hydrogen-bond acceptors (Lipinski definition) is 3. The molecule has 2 heterocycles. The average Bonchev–Trinajstić information content (AvgIpc) is 2.55. The second kappa shape index (κ2) is 7.84. The minimum Gasteiger partial charge on any atom is -0.349 e. The van der Waals surface area contributed by atoms with Crippen molar-refractivity contribution >= 4 is 0 Å². The second-order valence-electron chi connectivity index (χ2n) is 8.19. The molecule has 10 atom stereocenters. The van der Waals surface area contributed by atoms with Crippen LogP contribution in [-0.4, -0.2) is 24.8 Å². The summed E-state index contributed by atoms with van der Waals surface area (Å²) in [5, 5.41) is 0. The van der Waals surface area contributed by atoms with Crippen molar-refractivity contribution in [2.24, 2.45) is 35.5 Å². The standard InChI is InChI=1S/C20H38O3/c1-9-17-13(5)11(3)15(7)19(21-17)23-20-16(8)12(4)14(6)18(10-2)22-20/h11-20H,9-10H2,1-8H3/t11-,12-,13-,14-,15+,16+,17+,18+,19+,20+/m0/s1. The first kappa shape index (κ1) is 19.2. The summed E-state index contributed by atoms with van der Waals surface area (Å²) in [4.78, 5) is 0. The highest BCUT2D eigenvalue weighted by atomic mass is 16.8. The predicted octanol–water partition coefficient (Wildman–Crippen LogP) is 5.09. The van der Waals surface area contributed by atoms with Gasteiger partial charge in [0.1, 0.15) is 0 Å². The molecule has 0 bridgehead atoms. The van der Waals surface area contributed by atoms with Gasteiger partial charge in [0.05, 0.1) is 12.2 Å². The van der Waals surface area contributed by atoms with Gasteiger partial charge in [-0.2, -0.15) is 0 Å².